The maximum Gasteiger partial charge on any atom is 0.327 e. The van der Waals surface area contributed by atoms with Gasteiger partial charge in [0.25, 0.3) is 0 Å². The van der Waals surface area contributed by atoms with E-state index < -0.39 is 5.97 Å². The molecular formula is C18H18N4O2S. The van der Waals surface area contributed by atoms with Gasteiger partial charge < -0.3 is 10.4 Å². The third kappa shape index (κ3) is 4.33. The molecule has 0 aromatic heterocycles. The molecule has 128 valence electrons. The van der Waals surface area contributed by atoms with E-state index in [1.54, 1.807) is 12.3 Å². The van der Waals surface area contributed by atoms with Crippen LogP contribution in [0.4, 0.5) is 11.4 Å². The van der Waals surface area contributed by atoms with Gasteiger partial charge in [-0.3, -0.25) is 10.2 Å². The Balaban J connectivity index is 0.000000160. The Morgan fingerprint density at radius 1 is 1.20 bits per heavy atom. The Morgan fingerprint density at radius 2 is 2.00 bits per heavy atom. The van der Waals surface area contributed by atoms with Gasteiger partial charge in [-0.05, 0) is 36.8 Å². The van der Waals surface area contributed by atoms with Crippen LogP contribution in [0.5, 0.6) is 0 Å². The van der Waals surface area contributed by atoms with Crippen LogP contribution in [-0.4, -0.2) is 29.0 Å². The SMILES string of the molecule is Cc1cccc2c1Nc1ccccc1S2.O=C(O)CN1N=CC=CN1. The van der Waals surface area contributed by atoms with E-state index in [0.29, 0.717) is 0 Å². The van der Waals surface area contributed by atoms with Crippen molar-refractivity contribution >= 4 is 35.3 Å². The summed E-state index contributed by atoms with van der Waals surface area (Å²) in [5.41, 5.74) is 6.39. The van der Waals surface area contributed by atoms with Gasteiger partial charge >= 0.3 is 5.97 Å². The van der Waals surface area contributed by atoms with E-state index in [1.807, 2.05) is 11.8 Å². The maximum absolute atomic E-state index is 10.1. The number of carboxylic acids is 1. The van der Waals surface area contributed by atoms with Gasteiger partial charge in [-0.2, -0.15) is 10.2 Å². The number of carbonyl (C=O) groups is 1. The van der Waals surface area contributed by atoms with Crippen LogP contribution in [0, 0.1) is 6.92 Å². The summed E-state index contributed by atoms with van der Waals surface area (Å²) in [6, 6.07) is 14.8. The lowest BCUT2D eigenvalue weighted by molar-refractivity contribution is -0.138. The smallest absolute Gasteiger partial charge is 0.327 e. The topological polar surface area (TPSA) is 77.0 Å². The molecule has 3 N–H and O–H groups in total. The minimum Gasteiger partial charge on any atom is -0.480 e. The molecule has 0 unspecified atom stereocenters. The number of benzene rings is 2. The molecule has 0 amide bonds. The number of para-hydroxylation sites is 2. The number of rotatable bonds is 2. The van der Waals surface area contributed by atoms with E-state index in [1.165, 1.54) is 38.1 Å². The number of aliphatic carboxylic acids is 1. The highest BCUT2D eigenvalue weighted by molar-refractivity contribution is 7.99. The first-order chi connectivity index (χ1) is 12.1. The largest absolute Gasteiger partial charge is 0.480 e. The van der Waals surface area contributed by atoms with Crippen LogP contribution in [0.3, 0.4) is 0 Å². The van der Waals surface area contributed by atoms with Crippen molar-refractivity contribution in [1.29, 1.82) is 0 Å². The quantitative estimate of drug-likeness (QED) is 0.653. The highest BCUT2D eigenvalue weighted by Gasteiger charge is 2.15. The highest BCUT2D eigenvalue weighted by atomic mass is 32.2. The molecule has 2 aromatic carbocycles. The molecule has 2 aliphatic heterocycles. The molecule has 0 fully saturated rings. The van der Waals surface area contributed by atoms with Crippen molar-refractivity contribution in [2.24, 2.45) is 5.10 Å². The summed E-state index contributed by atoms with van der Waals surface area (Å²) in [6.07, 6.45) is 4.80. The van der Waals surface area contributed by atoms with E-state index in [0.717, 1.165) is 0 Å². The summed E-state index contributed by atoms with van der Waals surface area (Å²) in [6.45, 7) is 2.00. The second-order valence-electron chi connectivity index (χ2n) is 5.38. The lowest BCUT2D eigenvalue weighted by Gasteiger charge is -2.21. The van der Waals surface area contributed by atoms with E-state index >= 15 is 0 Å². The predicted octanol–water partition coefficient (Wildman–Crippen LogP) is 3.59. The van der Waals surface area contributed by atoms with Crippen molar-refractivity contribution in [2.45, 2.75) is 16.7 Å². The molecule has 25 heavy (non-hydrogen) atoms. The summed E-state index contributed by atoms with van der Waals surface area (Å²) in [5.74, 6) is -0.917. The van der Waals surface area contributed by atoms with E-state index in [-0.39, 0.29) is 6.54 Å². The number of carboxylic acid groups (broad SMARTS) is 1. The number of nitrogens with zero attached hydrogens (tertiary/aromatic N) is 2. The second kappa shape index (κ2) is 7.76. The van der Waals surface area contributed by atoms with Crippen molar-refractivity contribution in [3.63, 3.8) is 0 Å². The summed E-state index contributed by atoms with van der Waals surface area (Å²) >= 11 is 1.83. The Morgan fingerprint density at radius 3 is 2.76 bits per heavy atom. The molecule has 0 saturated heterocycles. The Labute approximate surface area is 150 Å². The van der Waals surface area contributed by atoms with Crippen LogP contribution in [0.1, 0.15) is 5.56 Å². The first-order valence-corrected chi connectivity index (χ1v) is 8.53. The summed E-state index contributed by atoms with van der Waals surface area (Å²) < 4.78 is 0. The van der Waals surface area contributed by atoms with Gasteiger partial charge in [0.15, 0.2) is 6.54 Å². The first-order valence-electron chi connectivity index (χ1n) is 7.71. The number of fused-ring (bicyclic) bond motifs is 2. The molecule has 0 atom stereocenters. The summed E-state index contributed by atoms with van der Waals surface area (Å²) in [4.78, 5) is 12.7. The Bertz CT molecular complexity index is 836. The Kier molecular flexibility index (Phi) is 5.25. The van der Waals surface area contributed by atoms with Crippen molar-refractivity contribution in [3.8, 4) is 0 Å². The molecule has 2 heterocycles. The second-order valence-corrected chi connectivity index (χ2v) is 6.46. The minimum atomic E-state index is -0.917. The highest BCUT2D eigenvalue weighted by Crippen LogP contribution is 2.44. The maximum atomic E-state index is 10.1. The third-order valence-corrected chi connectivity index (χ3v) is 4.63. The molecule has 2 aromatic rings. The van der Waals surface area contributed by atoms with E-state index in [9.17, 15) is 4.79 Å². The first kappa shape index (κ1) is 16.9. The van der Waals surface area contributed by atoms with Crippen molar-refractivity contribution < 1.29 is 9.90 Å². The predicted molar refractivity (Wildman–Crippen MR) is 100 cm³/mol. The fourth-order valence-corrected chi connectivity index (χ4v) is 3.41. The summed E-state index contributed by atoms with van der Waals surface area (Å²) in [5, 5.41) is 16.7. The molecule has 4 rings (SSSR count). The molecule has 2 aliphatic rings. The van der Waals surface area contributed by atoms with Crippen molar-refractivity contribution in [1.82, 2.24) is 10.5 Å². The van der Waals surface area contributed by atoms with Crippen LogP contribution in [-0.2, 0) is 4.79 Å². The van der Waals surface area contributed by atoms with Crippen molar-refractivity contribution in [3.05, 3.63) is 60.3 Å². The van der Waals surface area contributed by atoms with Crippen LogP contribution >= 0.6 is 11.8 Å². The van der Waals surface area contributed by atoms with Gasteiger partial charge in [0, 0.05) is 16.0 Å². The monoisotopic (exact) mass is 354 g/mol. The molecule has 0 saturated carbocycles. The number of hydrogen-bond acceptors (Lipinski definition) is 6. The van der Waals surface area contributed by atoms with Gasteiger partial charge in [-0.1, -0.05) is 36.0 Å². The van der Waals surface area contributed by atoms with Crippen LogP contribution in [0.15, 0.2) is 69.6 Å². The normalized spacial score (nSPS) is 13.6. The van der Waals surface area contributed by atoms with Crippen LogP contribution in [0.2, 0.25) is 0 Å². The standard InChI is InChI=1S/C13H11NS.C5H7N3O2/c1-9-5-4-8-12-13(9)14-10-6-2-3-7-11(10)15-12;9-5(10)4-8-6-2-1-3-7-8/h2-8,14H,1H3;1-3,6H,4H2,(H,9,10). The number of aryl methyl sites for hydroxylation is 1. The number of allylic oxidation sites excluding steroid dienone is 1. The zero-order chi connectivity index (χ0) is 17.6. The van der Waals surface area contributed by atoms with Crippen molar-refractivity contribution in [2.75, 3.05) is 11.9 Å². The lowest BCUT2D eigenvalue weighted by Crippen LogP contribution is -2.35. The fourth-order valence-electron chi connectivity index (χ4n) is 2.34. The van der Waals surface area contributed by atoms with Gasteiger partial charge in [0.1, 0.15) is 0 Å². The number of hydrazine groups is 1. The van der Waals surface area contributed by atoms with Gasteiger partial charge in [-0.15, -0.1) is 0 Å². The molecule has 0 aliphatic carbocycles. The lowest BCUT2D eigenvalue weighted by atomic mass is 10.2. The average molecular weight is 354 g/mol. The number of nitrogens with one attached hydrogen (secondary N) is 2. The zero-order valence-electron chi connectivity index (χ0n) is 13.6. The average Bonchev–Trinajstić information content (AvgIpc) is 2.62. The molecule has 0 spiro atoms. The molecular weight excluding hydrogens is 336 g/mol. The Hall–Kier alpha value is -2.93. The zero-order valence-corrected chi connectivity index (χ0v) is 14.5. The number of hydrogen-bond donors (Lipinski definition) is 3. The third-order valence-electron chi connectivity index (χ3n) is 3.50. The molecule has 0 radical (unpaired) electrons. The molecule has 0 bridgehead atoms. The molecule has 6 nitrogen and oxygen atoms in total. The fraction of sp³-hybridized carbons (Fsp3) is 0.111. The van der Waals surface area contributed by atoms with Gasteiger partial charge in [0.2, 0.25) is 0 Å². The summed E-state index contributed by atoms with van der Waals surface area (Å²) in [7, 11) is 0. The molecule has 7 heteroatoms. The van der Waals surface area contributed by atoms with Gasteiger partial charge in [0.05, 0.1) is 17.6 Å². The number of hydrazone groups is 1. The van der Waals surface area contributed by atoms with E-state index in [4.69, 9.17) is 5.11 Å². The number of anilines is 2. The van der Waals surface area contributed by atoms with E-state index in [2.05, 4.69) is 65.2 Å². The van der Waals surface area contributed by atoms with Gasteiger partial charge in [-0.25, -0.2) is 0 Å². The minimum absolute atomic E-state index is 0.138. The van der Waals surface area contributed by atoms with Crippen LogP contribution < -0.4 is 10.7 Å². The van der Waals surface area contributed by atoms with Crippen LogP contribution in [0.25, 0.3) is 0 Å².